The lowest BCUT2D eigenvalue weighted by atomic mass is 10.2. The number of aromatic nitrogens is 1. The third-order valence-electron chi connectivity index (χ3n) is 2.51. The summed E-state index contributed by atoms with van der Waals surface area (Å²) in [5.41, 5.74) is 0.308. The van der Waals surface area contributed by atoms with Gasteiger partial charge in [-0.15, -0.1) is 0 Å². The van der Waals surface area contributed by atoms with Gasteiger partial charge in [-0.1, -0.05) is 11.6 Å². The maximum atomic E-state index is 13.6. The van der Waals surface area contributed by atoms with Gasteiger partial charge in [-0.3, -0.25) is 0 Å². The molecule has 0 saturated carbocycles. The summed E-state index contributed by atoms with van der Waals surface area (Å²) in [6.45, 7) is 1.77. The SMILES string of the molecule is COCCNCc1ncc(-c2cc(Cl)ccc2F)o1. The Hall–Kier alpha value is -1.43. The first kappa shape index (κ1) is 14.0. The summed E-state index contributed by atoms with van der Waals surface area (Å²) in [4.78, 5) is 4.08. The van der Waals surface area contributed by atoms with Gasteiger partial charge in [0, 0.05) is 18.7 Å². The Bertz CT molecular complexity index is 545. The molecule has 0 unspecified atom stereocenters. The van der Waals surface area contributed by atoms with E-state index in [1.807, 2.05) is 0 Å². The first-order chi connectivity index (χ1) is 9.20. The summed E-state index contributed by atoms with van der Waals surface area (Å²) in [6, 6.07) is 4.31. The van der Waals surface area contributed by atoms with Crippen molar-refractivity contribution in [3.63, 3.8) is 0 Å². The fraction of sp³-hybridized carbons (Fsp3) is 0.308. The standard InChI is InChI=1S/C13H14ClFN2O2/c1-18-5-4-16-8-13-17-7-12(19-13)10-6-9(14)2-3-11(10)15/h2-3,6-7,16H,4-5,8H2,1H3. The van der Waals surface area contributed by atoms with E-state index in [9.17, 15) is 4.39 Å². The molecule has 0 bridgehead atoms. The van der Waals surface area contributed by atoms with Gasteiger partial charge in [0.05, 0.1) is 24.9 Å². The van der Waals surface area contributed by atoms with Gasteiger partial charge in [-0.2, -0.15) is 0 Å². The van der Waals surface area contributed by atoms with Crippen LogP contribution in [0.1, 0.15) is 5.89 Å². The molecular formula is C13H14ClFN2O2. The smallest absolute Gasteiger partial charge is 0.208 e. The molecule has 0 saturated heterocycles. The Labute approximate surface area is 115 Å². The molecule has 102 valence electrons. The number of methoxy groups -OCH3 is 1. The topological polar surface area (TPSA) is 47.3 Å². The van der Waals surface area contributed by atoms with E-state index in [2.05, 4.69) is 10.3 Å². The Morgan fingerprint density at radius 2 is 2.32 bits per heavy atom. The van der Waals surface area contributed by atoms with Gasteiger partial charge in [0.1, 0.15) is 5.82 Å². The minimum atomic E-state index is -0.389. The highest BCUT2D eigenvalue weighted by Gasteiger charge is 2.11. The van der Waals surface area contributed by atoms with Crippen molar-refractivity contribution in [3.05, 3.63) is 41.1 Å². The number of nitrogens with one attached hydrogen (secondary N) is 1. The maximum Gasteiger partial charge on any atom is 0.208 e. The molecule has 2 rings (SSSR count). The summed E-state index contributed by atoms with van der Waals surface area (Å²) in [5.74, 6) is 0.466. The maximum absolute atomic E-state index is 13.6. The third-order valence-corrected chi connectivity index (χ3v) is 2.74. The zero-order chi connectivity index (χ0) is 13.7. The van der Waals surface area contributed by atoms with E-state index in [-0.39, 0.29) is 5.82 Å². The van der Waals surface area contributed by atoms with Gasteiger partial charge in [-0.05, 0) is 18.2 Å². The van der Waals surface area contributed by atoms with E-state index in [1.54, 1.807) is 7.11 Å². The Morgan fingerprint density at radius 3 is 3.11 bits per heavy atom. The van der Waals surface area contributed by atoms with Crippen molar-refractivity contribution in [2.24, 2.45) is 0 Å². The van der Waals surface area contributed by atoms with Crippen LogP contribution in [0.2, 0.25) is 5.02 Å². The van der Waals surface area contributed by atoms with Crippen LogP contribution in [0.15, 0.2) is 28.8 Å². The van der Waals surface area contributed by atoms with Crippen molar-refractivity contribution in [1.29, 1.82) is 0 Å². The largest absolute Gasteiger partial charge is 0.439 e. The molecule has 1 N–H and O–H groups in total. The lowest BCUT2D eigenvalue weighted by Gasteiger charge is -2.01. The van der Waals surface area contributed by atoms with E-state index in [1.165, 1.54) is 24.4 Å². The van der Waals surface area contributed by atoms with Crippen molar-refractivity contribution in [3.8, 4) is 11.3 Å². The number of nitrogens with zero attached hydrogens (tertiary/aromatic N) is 1. The van der Waals surface area contributed by atoms with E-state index in [0.29, 0.717) is 41.9 Å². The lowest BCUT2D eigenvalue weighted by Crippen LogP contribution is -2.18. The minimum Gasteiger partial charge on any atom is -0.439 e. The molecule has 0 atom stereocenters. The van der Waals surface area contributed by atoms with E-state index < -0.39 is 0 Å². The number of oxazole rings is 1. The first-order valence-electron chi connectivity index (χ1n) is 5.80. The fourth-order valence-corrected chi connectivity index (χ4v) is 1.74. The van der Waals surface area contributed by atoms with Crippen LogP contribution in [0.5, 0.6) is 0 Å². The number of ether oxygens (including phenoxy) is 1. The molecule has 4 nitrogen and oxygen atoms in total. The molecule has 0 aliphatic rings. The highest BCUT2D eigenvalue weighted by Crippen LogP contribution is 2.26. The number of hydrogen-bond donors (Lipinski definition) is 1. The van der Waals surface area contributed by atoms with Crippen LogP contribution >= 0.6 is 11.6 Å². The second-order valence-electron chi connectivity index (χ2n) is 3.91. The minimum absolute atomic E-state index is 0.308. The van der Waals surface area contributed by atoms with Crippen LogP contribution in [-0.2, 0) is 11.3 Å². The normalized spacial score (nSPS) is 10.9. The second kappa shape index (κ2) is 6.65. The van der Waals surface area contributed by atoms with E-state index >= 15 is 0 Å². The van der Waals surface area contributed by atoms with Crippen LogP contribution in [0.3, 0.4) is 0 Å². The molecule has 0 radical (unpaired) electrons. The summed E-state index contributed by atoms with van der Waals surface area (Å²) in [6.07, 6.45) is 1.49. The van der Waals surface area contributed by atoms with Gasteiger partial charge in [0.15, 0.2) is 5.76 Å². The number of rotatable bonds is 6. The molecule has 0 aliphatic carbocycles. The molecule has 0 aliphatic heterocycles. The van der Waals surface area contributed by atoms with Crippen LogP contribution in [0.4, 0.5) is 4.39 Å². The molecule has 6 heteroatoms. The van der Waals surface area contributed by atoms with Crippen LogP contribution < -0.4 is 5.32 Å². The highest BCUT2D eigenvalue weighted by molar-refractivity contribution is 6.30. The lowest BCUT2D eigenvalue weighted by molar-refractivity contribution is 0.198. The molecule has 0 amide bonds. The number of benzene rings is 1. The Morgan fingerprint density at radius 1 is 1.47 bits per heavy atom. The summed E-state index contributed by atoms with van der Waals surface area (Å²) in [5, 5.41) is 3.54. The Kier molecular flexibility index (Phi) is 4.90. The summed E-state index contributed by atoms with van der Waals surface area (Å²) >= 11 is 5.84. The predicted octanol–water partition coefficient (Wildman–Crippen LogP) is 2.87. The molecule has 0 spiro atoms. The predicted molar refractivity (Wildman–Crippen MR) is 70.5 cm³/mol. The van der Waals surface area contributed by atoms with Crippen molar-refractivity contribution in [2.45, 2.75) is 6.54 Å². The highest BCUT2D eigenvalue weighted by atomic mass is 35.5. The Balaban J connectivity index is 2.06. The third kappa shape index (κ3) is 3.76. The monoisotopic (exact) mass is 284 g/mol. The molecule has 1 aromatic carbocycles. The number of halogens is 2. The molecule has 1 heterocycles. The van der Waals surface area contributed by atoms with Gasteiger partial charge < -0.3 is 14.5 Å². The van der Waals surface area contributed by atoms with Crippen molar-refractivity contribution in [2.75, 3.05) is 20.3 Å². The van der Waals surface area contributed by atoms with Gasteiger partial charge in [0.25, 0.3) is 0 Å². The van der Waals surface area contributed by atoms with Gasteiger partial charge in [-0.25, -0.2) is 9.37 Å². The van der Waals surface area contributed by atoms with Gasteiger partial charge >= 0.3 is 0 Å². The fourth-order valence-electron chi connectivity index (χ4n) is 1.57. The zero-order valence-electron chi connectivity index (χ0n) is 10.5. The summed E-state index contributed by atoms with van der Waals surface area (Å²) < 4.78 is 24.0. The van der Waals surface area contributed by atoms with Crippen molar-refractivity contribution < 1.29 is 13.5 Å². The molecule has 0 fully saturated rings. The van der Waals surface area contributed by atoms with Crippen LogP contribution in [0.25, 0.3) is 11.3 Å². The average Bonchev–Trinajstić information content (AvgIpc) is 2.86. The van der Waals surface area contributed by atoms with E-state index in [4.69, 9.17) is 20.8 Å². The van der Waals surface area contributed by atoms with Crippen molar-refractivity contribution >= 4 is 11.6 Å². The van der Waals surface area contributed by atoms with Crippen LogP contribution in [-0.4, -0.2) is 25.2 Å². The molecule has 2 aromatic rings. The zero-order valence-corrected chi connectivity index (χ0v) is 11.2. The van der Waals surface area contributed by atoms with Crippen molar-refractivity contribution in [1.82, 2.24) is 10.3 Å². The van der Waals surface area contributed by atoms with E-state index in [0.717, 1.165) is 0 Å². The first-order valence-corrected chi connectivity index (χ1v) is 6.18. The van der Waals surface area contributed by atoms with Crippen LogP contribution in [0, 0.1) is 5.82 Å². The quantitative estimate of drug-likeness (QED) is 0.829. The number of hydrogen-bond acceptors (Lipinski definition) is 4. The average molecular weight is 285 g/mol. The summed E-state index contributed by atoms with van der Waals surface area (Å²) in [7, 11) is 1.63. The molecule has 19 heavy (non-hydrogen) atoms. The molecular weight excluding hydrogens is 271 g/mol. The second-order valence-corrected chi connectivity index (χ2v) is 4.35. The van der Waals surface area contributed by atoms with Gasteiger partial charge in [0.2, 0.25) is 5.89 Å². The molecule has 1 aromatic heterocycles.